The zero-order chi connectivity index (χ0) is 20.6. The molecule has 0 unspecified atom stereocenters. The largest absolute Gasteiger partial charge is 0.406 e. The van der Waals surface area contributed by atoms with Crippen molar-refractivity contribution >= 4 is 17.8 Å². The third kappa shape index (κ3) is 3.99. The molecule has 1 aromatic rings. The lowest BCUT2D eigenvalue weighted by Gasteiger charge is -2.36. The molecule has 0 radical (unpaired) electrons. The van der Waals surface area contributed by atoms with Gasteiger partial charge in [0.1, 0.15) is 18.8 Å². The van der Waals surface area contributed by atoms with Crippen LogP contribution in [0.4, 0.5) is 18.0 Å². The number of halogens is 3. The number of amides is 4. The summed E-state index contributed by atoms with van der Waals surface area (Å²) < 4.78 is 38.7. The molecule has 0 aliphatic carbocycles. The van der Waals surface area contributed by atoms with E-state index >= 15 is 0 Å². The molecule has 3 rings (SSSR count). The second kappa shape index (κ2) is 7.24. The van der Waals surface area contributed by atoms with E-state index < -0.39 is 37.2 Å². The molecule has 9 nitrogen and oxygen atoms in total. The molecule has 2 aliphatic heterocycles. The van der Waals surface area contributed by atoms with Gasteiger partial charge in [-0.05, 0) is 18.9 Å². The highest BCUT2D eigenvalue weighted by atomic mass is 19.4. The van der Waals surface area contributed by atoms with Crippen LogP contribution in [0.25, 0.3) is 0 Å². The third-order valence-electron chi connectivity index (χ3n) is 4.79. The molecule has 2 saturated heterocycles. The van der Waals surface area contributed by atoms with Gasteiger partial charge in [-0.2, -0.15) is 18.3 Å². The highest BCUT2D eigenvalue weighted by Gasteiger charge is 2.45. The summed E-state index contributed by atoms with van der Waals surface area (Å²) in [5.74, 6) is -1.26. The van der Waals surface area contributed by atoms with E-state index in [4.69, 9.17) is 0 Å². The quantitative estimate of drug-likeness (QED) is 0.675. The minimum Gasteiger partial charge on any atom is -0.337 e. The first-order valence-electron chi connectivity index (χ1n) is 8.58. The average molecular weight is 401 g/mol. The number of nitrogens with zero attached hydrogens (tertiary/aromatic N) is 5. The van der Waals surface area contributed by atoms with Gasteiger partial charge in [0, 0.05) is 32.2 Å². The predicted molar refractivity (Wildman–Crippen MR) is 88.3 cm³/mol. The number of hydrogen-bond acceptors (Lipinski definition) is 5. The molecule has 0 N–H and O–H groups in total. The van der Waals surface area contributed by atoms with Crippen molar-refractivity contribution in [3.05, 3.63) is 28.2 Å². The Morgan fingerprint density at radius 3 is 2.39 bits per heavy atom. The van der Waals surface area contributed by atoms with E-state index in [0.29, 0.717) is 12.8 Å². The standard InChI is InChI=1S/C16H18F3N5O4/c1-21-12(25)3-2-11(20-21)14(27)22-6-4-10(5-7-22)23-8-13(26)24(15(23)28)9-16(17,18)19/h2-3,10H,4-9H2,1H3. The second-order valence-corrected chi connectivity index (χ2v) is 6.71. The molecule has 2 fully saturated rings. The number of hydrogen-bond donors (Lipinski definition) is 0. The van der Waals surface area contributed by atoms with E-state index in [-0.39, 0.29) is 35.1 Å². The Bertz CT molecular complexity index is 861. The normalized spacial score (nSPS) is 18.9. The number of aryl methyl sites for hydroxylation is 1. The molecule has 28 heavy (non-hydrogen) atoms. The van der Waals surface area contributed by atoms with Crippen molar-refractivity contribution in [3.63, 3.8) is 0 Å². The van der Waals surface area contributed by atoms with Crippen molar-refractivity contribution < 1.29 is 27.6 Å². The van der Waals surface area contributed by atoms with E-state index in [0.717, 1.165) is 9.58 Å². The topological polar surface area (TPSA) is 95.8 Å². The minimum absolute atomic E-state index is 0.101. The van der Waals surface area contributed by atoms with Crippen LogP contribution in [-0.4, -0.2) is 80.7 Å². The van der Waals surface area contributed by atoms with Crippen LogP contribution in [0, 0.1) is 0 Å². The molecular formula is C16H18F3N5O4. The van der Waals surface area contributed by atoms with Crippen LogP contribution in [0.15, 0.2) is 16.9 Å². The van der Waals surface area contributed by atoms with Crippen LogP contribution in [-0.2, 0) is 11.8 Å². The molecule has 3 heterocycles. The minimum atomic E-state index is -4.65. The Morgan fingerprint density at radius 2 is 1.82 bits per heavy atom. The summed E-state index contributed by atoms with van der Waals surface area (Å²) >= 11 is 0. The van der Waals surface area contributed by atoms with Crippen molar-refractivity contribution in [2.24, 2.45) is 7.05 Å². The maximum atomic E-state index is 12.5. The molecule has 1 aromatic heterocycles. The fourth-order valence-electron chi connectivity index (χ4n) is 3.34. The summed E-state index contributed by atoms with van der Waals surface area (Å²) in [5.41, 5.74) is -0.250. The molecule has 0 aromatic carbocycles. The number of alkyl halides is 3. The Balaban J connectivity index is 1.61. The highest BCUT2D eigenvalue weighted by Crippen LogP contribution is 2.25. The van der Waals surface area contributed by atoms with E-state index in [2.05, 4.69) is 5.10 Å². The first-order valence-corrected chi connectivity index (χ1v) is 8.58. The SMILES string of the molecule is Cn1nc(C(=O)N2CCC(N3CC(=O)N(CC(F)(F)F)C3=O)CC2)ccc1=O. The highest BCUT2D eigenvalue weighted by molar-refractivity contribution is 6.02. The molecular weight excluding hydrogens is 383 g/mol. The summed E-state index contributed by atoms with van der Waals surface area (Å²) in [6.07, 6.45) is -3.99. The average Bonchev–Trinajstić information content (AvgIpc) is 2.90. The fourth-order valence-corrected chi connectivity index (χ4v) is 3.34. The van der Waals surface area contributed by atoms with Crippen LogP contribution in [0.5, 0.6) is 0 Å². The van der Waals surface area contributed by atoms with Crippen molar-refractivity contribution in [3.8, 4) is 0 Å². The van der Waals surface area contributed by atoms with Gasteiger partial charge in [-0.25, -0.2) is 9.48 Å². The first kappa shape index (κ1) is 19.8. The Labute approximate surface area is 157 Å². The van der Waals surface area contributed by atoms with Gasteiger partial charge in [0.2, 0.25) is 0 Å². The summed E-state index contributed by atoms with van der Waals surface area (Å²) in [4.78, 5) is 50.7. The fraction of sp³-hybridized carbons (Fsp3) is 0.562. The molecule has 4 amide bonds. The van der Waals surface area contributed by atoms with Crippen molar-refractivity contribution in [2.75, 3.05) is 26.2 Å². The molecule has 0 spiro atoms. The van der Waals surface area contributed by atoms with Crippen LogP contribution < -0.4 is 5.56 Å². The maximum absolute atomic E-state index is 12.5. The van der Waals surface area contributed by atoms with Crippen LogP contribution >= 0.6 is 0 Å². The van der Waals surface area contributed by atoms with Gasteiger partial charge in [-0.15, -0.1) is 0 Å². The van der Waals surface area contributed by atoms with E-state index in [9.17, 15) is 32.3 Å². The number of carbonyl (C=O) groups excluding carboxylic acids is 3. The van der Waals surface area contributed by atoms with E-state index in [1.54, 1.807) is 0 Å². The number of piperidine rings is 1. The molecule has 12 heteroatoms. The predicted octanol–water partition coefficient (Wildman–Crippen LogP) is 0.211. The van der Waals surface area contributed by atoms with Crippen molar-refractivity contribution in [2.45, 2.75) is 25.1 Å². The number of urea groups is 1. The number of imide groups is 1. The lowest BCUT2D eigenvalue weighted by atomic mass is 10.0. The van der Waals surface area contributed by atoms with Crippen molar-refractivity contribution in [1.29, 1.82) is 0 Å². The summed E-state index contributed by atoms with van der Waals surface area (Å²) in [6.45, 7) is -1.48. The van der Waals surface area contributed by atoms with Crippen LogP contribution in [0.2, 0.25) is 0 Å². The van der Waals surface area contributed by atoms with Gasteiger partial charge in [-0.1, -0.05) is 0 Å². The zero-order valence-electron chi connectivity index (χ0n) is 15.0. The summed E-state index contributed by atoms with van der Waals surface area (Å²) in [5, 5.41) is 3.90. The van der Waals surface area contributed by atoms with Crippen LogP contribution in [0.1, 0.15) is 23.3 Å². The van der Waals surface area contributed by atoms with Gasteiger partial charge < -0.3 is 9.80 Å². The summed E-state index contributed by atoms with van der Waals surface area (Å²) in [6, 6.07) is 1.18. The molecule has 0 bridgehead atoms. The monoisotopic (exact) mass is 401 g/mol. The first-order chi connectivity index (χ1) is 13.1. The number of likely N-dealkylation sites (tertiary alicyclic amines) is 1. The number of rotatable bonds is 3. The van der Waals surface area contributed by atoms with Gasteiger partial charge in [0.05, 0.1) is 0 Å². The molecule has 152 valence electrons. The molecule has 2 aliphatic rings. The number of aromatic nitrogens is 2. The van der Waals surface area contributed by atoms with Gasteiger partial charge in [0.15, 0.2) is 0 Å². The van der Waals surface area contributed by atoms with Crippen molar-refractivity contribution in [1.82, 2.24) is 24.5 Å². The van der Waals surface area contributed by atoms with Crippen LogP contribution in [0.3, 0.4) is 0 Å². The Morgan fingerprint density at radius 1 is 1.18 bits per heavy atom. The molecule has 0 saturated carbocycles. The lowest BCUT2D eigenvalue weighted by Crippen LogP contribution is -2.48. The summed E-state index contributed by atoms with van der Waals surface area (Å²) in [7, 11) is 1.42. The van der Waals surface area contributed by atoms with Gasteiger partial charge in [0.25, 0.3) is 17.4 Å². The third-order valence-corrected chi connectivity index (χ3v) is 4.79. The van der Waals surface area contributed by atoms with E-state index in [1.807, 2.05) is 0 Å². The van der Waals surface area contributed by atoms with Gasteiger partial charge >= 0.3 is 12.2 Å². The smallest absolute Gasteiger partial charge is 0.337 e. The number of carbonyl (C=O) groups is 3. The zero-order valence-corrected chi connectivity index (χ0v) is 15.0. The molecule has 0 atom stereocenters. The Kier molecular flexibility index (Phi) is 5.13. The second-order valence-electron chi connectivity index (χ2n) is 6.71. The Hall–Kier alpha value is -2.92. The lowest BCUT2D eigenvalue weighted by molar-refractivity contribution is -0.151. The van der Waals surface area contributed by atoms with Gasteiger partial charge in [-0.3, -0.25) is 19.3 Å². The maximum Gasteiger partial charge on any atom is 0.406 e. The van der Waals surface area contributed by atoms with E-state index in [1.165, 1.54) is 24.1 Å².